The van der Waals surface area contributed by atoms with Crippen LogP contribution in [-0.2, 0) is 14.8 Å². The average Bonchev–Trinajstić information content (AvgIpc) is 2.78. The lowest BCUT2D eigenvalue weighted by atomic mass is 9.77. The number of carboxylic acid groups (broad SMARTS) is 1. The molecule has 4 rings (SSSR count). The van der Waals surface area contributed by atoms with Crippen molar-refractivity contribution >= 4 is 33.5 Å². The Bertz CT molecular complexity index is 1200. The molecule has 4 atom stereocenters. The summed E-state index contributed by atoms with van der Waals surface area (Å²) in [6.45, 7) is 0. The molecule has 0 bridgehead atoms. The summed E-state index contributed by atoms with van der Waals surface area (Å²) in [4.78, 5) is 28.2. The van der Waals surface area contributed by atoms with Crippen LogP contribution in [0.25, 0.3) is 0 Å². The summed E-state index contributed by atoms with van der Waals surface area (Å²) in [5.74, 6) is -2.04. The zero-order chi connectivity index (χ0) is 24.6. The minimum Gasteiger partial charge on any atom is -0.497 e. The monoisotopic (exact) mass is 506 g/mol. The van der Waals surface area contributed by atoms with Crippen LogP contribution < -0.4 is 9.46 Å². The number of carboxylic acids is 1. The number of halogens is 1. The molecule has 2 aromatic carbocycles. The van der Waals surface area contributed by atoms with Crippen molar-refractivity contribution in [1.29, 1.82) is 0 Å². The Hall–Kier alpha value is -2.62. The fourth-order valence-corrected chi connectivity index (χ4v) is 6.16. The highest BCUT2D eigenvalue weighted by Gasteiger charge is 2.49. The molecule has 2 N–H and O–H groups in total. The third-order valence-electron chi connectivity index (χ3n) is 6.60. The van der Waals surface area contributed by atoms with Crippen LogP contribution in [-0.4, -0.2) is 55.7 Å². The summed E-state index contributed by atoms with van der Waals surface area (Å²) < 4.78 is 32.2. The maximum absolute atomic E-state index is 13.9. The van der Waals surface area contributed by atoms with Gasteiger partial charge in [-0.1, -0.05) is 36.6 Å². The number of rotatable bonds is 6. The third-order valence-corrected chi connectivity index (χ3v) is 7.59. The van der Waals surface area contributed by atoms with Gasteiger partial charge in [-0.3, -0.25) is 9.59 Å². The maximum atomic E-state index is 13.9. The lowest BCUT2D eigenvalue weighted by molar-refractivity contribution is -0.141. The highest BCUT2D eigenvalue weighted by molar-refractivity contribution is 7.88. The fourth-order valence-electron chi connectivity index (χ4n) is 5.21. The van der Waals surface area contributed by atoms with Gasteiger partial charge in [-0.05, 0) is 54.3 Å². The summed E-state index contributed by atoms with van der Waals surface area (Å²) >= 11 is 6.09. The molecule has 1 saturated carbocycles. The number of hydrogen-bond donors (Lipinski definition) is 2. The van der Waals surface area contributed by atoms with Gasteiger partial charge >= 0.3 is 5.97 Å². The Morgan fingerprint density at radius 3 is 2.44 bits per heavy atom. The minimum absolute atomic E-state index is 0.280. The number of carbonyl (C=O) groups is 2. The van der Waals surface area contributed by atoms with Crippen LogP contribution in [0.2, 0.25) is 5.02 Å². The Labute approximate surface area is 203 Å². The van der Waals surface area contributed by atoms with Crippen molar-refractivity contribution in [3.8, 4) is 5.75 Å². The number of amides is 1. The number of hydrogen-bond acceptors (Lipinski definition) is 5. The average molecular weight is 507 g/mol. The molecule has 1 aliphatic carbocycles. The van der Waals surface area contributed by atoms with E-state index >= 15 is 0 Å². The van der Waals surface area contributed by atoms with E-state index in [1.165, 1.54) is 7.11 Å². The van der Waals surface area contributed by atoms with Gasteiger partial charge in [0, 0.05) is 22.7 Å². The Kier molecular flexibility index (Phi) is 6.89. The number of ether oxygens (including phenoxy) is 1. The molecule has 0 aromatic heterocycles. The quantitative estimate of drug-likeness (QED) is 0.619. The smallest absolute Gasteiger partial charge is 0.313 e. The molecule has 0 radical (unpaired) electrons. The molecule has 0 spiro atoms. The lowest BCUT2D eigenvalue weighted by Crippen LogP contribution is -2.58. The van der Waals surface area contributed by atoms with E-state index in [1.54, 1.807) is 47.4 Å². The summed E-state index contributed by atoms with van der Waals surface area (Å²) in [6.07, 6.45) is 3.82. The Morgan fingerprint density at radius 2 is 1.82 bits per heavy atom. The number of carbonyl (C=O) groups excluding carboxylic acids is 1. The number of nitrogens with zero attached hydrogens (tertiary/aromatic N) is 1. The predicted octanol–water partition coefficient (Wildman–Crippen LogP) is 3.57. The molecule has 8 nitrogen and oxygen atoms in total. The van der Waals surface area contributed by atoms with Gasteiger partial charge in [0.15, 0.2) is 0 Å². The van der Waals surface area contributed by atoms with Crippen molar-refractivity contribution < 1.29 is 27.9 Å². The molecule has 34 heavy (non-hydrogen) atoms. The van der Waals surface area contributed by atoms with Crippen LogP contribution in [0.1, 0.15) is 59.1 Å². The topological polar surface area (TPSA) is 113 Å². The Morgan fingerprint density at radius 1 is 1.15 bits per heavy atom. The first kappa shape index (κ1) is 24.5. The number of sulfonamides is 1. The van der Waals surface area contributed by atoms with Gasteiger partial charge in [-0.25, -0.2) is 13.1 Å². The maximum Gasteiger partial charge on any atom is 0.313 e. The van der Waals surface area contributed by atoms with Gasteiger partial charge in [-0.15, -0.1) is 0 Å². The molecule has 2 aromatic rings. The fraction of sp³-hybridized carbons (Fsp3) is 0.417. The van der Waals surface area contributed by atoms with Crippen LogP contribution in [0.15, 0.2) is 42.5 Å². The second-order valence-corrected chi connectivity index (χ2v) is 11.0. The first-order valence-electron chi connectivity index (χ1n) is 11.1. The second-order valence-electron chi connectivity index (χ2n) is 8.83. The van der Waals surface area contributed by atoms with E-state index in [4.69, 9.17) is 16.3 Å². The highest BCUT2D eigenvalue weighted by atomic mass is 35.5. The molecule has 1 amide bonds. The minimum atomic E-state index is -3.54. The van der Waals surface area contributed by atoms with Crippen molar-refractivity contribution in [2.75, 3.05) is 13.4 Å². The molecule has 0 saturated heterocycles. The number of nitrogens with one attached hydrogen (secondary N) is 1. The van der Waals surface area contributed by atoms with Crippen LogP contribution in [0.3, 0.4) is 0 Å². The first-order valence-corrected chi connectivity index (χ1v) is 13.3. The van der Waals surface area contributed by atoms with E-state index in [0.717, 1.165) is 19.1 Å². The zero-order valence-corrected chi connectivity index (χ0v) is 20.5. The molecular formula is C24H27ClN2O6S. The van der Waals surface area contributed by atoms with Crippen molar-refractivity contribution in [3.63, 3.8) is 0 Å². The molecule has 1 heterocycles. The van der Waals surface area contributed by atoms with Gasteiger partial charge in [0.1, 0.15) is 11.7 Å². The highest BCUT2D eigenvalue weighted by Crippen LogP contribution is 2.46. The van der Waals surface area contributed by atoms with Crippen molar-refractivity contribution in [1.82, 2.24) is 9.62 Å². The molecule has 2 aliphatic rings. The Balaban J connectivity index is 1.92. The van der Waals surface area contributed by atoms with Crippen molar-refractivity contribution in [3.05, 3.63) is 64.2 Å². The molecule has 10 heteroatoms. The largest absolute Gasteiger partial charge is 0.497 e. The molecule has 182 valence electrons. The third kappa shape index (κ3) is 4.78. The normalized spacial score (nSPS) is 25.0. The standard InChI is InChI=1S/C24H27ClN2O6S/c1-33-16-11-12-17-18(13-16)21(24(29)30)22(14-7-9-15(25)10-8-14)27(23(17)28)20-6-4-3-5-19(20)26-34(2,31)32/h7-13,19-22,26H,3-6H2,1-2H3,(H,29,30)/t19-,20-,21+,22-/m0/s1. The molecular weight excluding hydrogens is 480 g/mol. The summed E-state index contributed by atoms with van der Waals surface area (Å²) in [6, 6.07) is 9.69. The number of fused-ring (bicyclic) bond motifs is 1. The summed E-state index contributed by atoms with van der Waals surface area (Å²) in [5.41, 5.74) is 1.26. The zero-order valence-electron chi connectivity index (χ0n) is 18.9. The number of benzene rings is 2. The molecule has 1 fully saturated rings. The lowest BCUT2D eigenvalue weighted by Gasteiger charge is -2.48. The second kappa shape index (κ2) is 9.56. The van der Waals surface area contributed by atoms with E-state index in [1.807, 2.05) is 0 Å². The van der Waals surface area contributed by atoms with Crippen LogP contribution in [0.5, 0.6) is 5.75 Å². The van der Waals surface area contributed by atoms with E-state index in [0.29, 0.717) is 34.7 Å². The molecule has 0 unspecified atom stereocenters. The van der Waals surface area contributed by atoms with E-state index in [2.05, 4.69) is 4.72 Å². The van der Waals surface area contributed by atoms with Gasteiger partial charge in [0.05, 0.1) is 19.4 Å². The van der Waals surface area contributed by atoms with Gasteiger partial charge < -0.3 is 14.7 Å². The van der Waals surface area contributed by atoms with Gasteiger partial charge in [0.25, 0.3) is 5.91 Å². The summed E-state index contributed by atoms with van der Waals surface area (Å²) in [5, 5.41) is 10.9. The van der Waals surface area contributed by atoms with E-state index < -0.39 is 40.0 Å². The van der Waals surface area contributed by atoms with E-state index in [9.17, 15) is 23.1 Å². The van der Waals surface area contributed by atoms with Crippen LogP contribution in [0, 0.1) is 0 Å². The van der Waals surface area contributed by atoms with Gasteiger partial charge in [0.2, 0.25) is 10.0 Å². The summed E-state index contributed by atoms with van der Waals surface area (Å²) in [7, 11) is -2.06. The number of methoxy groups -OCH3 is 1. The van der Waals surface area contributed by atoms with E-state index in [-0.39, 0.29) is 11.5 Å². The van der Waals surface area contributed by atoms with Crippen LogP contribution >= 0.6 is 11.6 Å². The van der Waals surface area contributed by atoms with Gasteiger partial charge in [-0.2, -0.15) is 0 Å². The predicted molar refractivity (Wildman–Crippen MR) is 128 cm³/mol. The SMILES string of the molecule is COc1ccc2c(c1)[C@@H](C(=O)O)[C@H](c1ccc(Cl)cc1)N([C@H]1CCCC[C@@H]1NS(C)(=O)=O)C2=O. The van der Waals surface area contributed by atoms with Crippen LogP contribution in [0.4, 0.5) is 0 Å². The number of aliphatic carboxylic acids is 1. The van der Waals surface area contributed by atoms with Crippen molar-refractivity contribution in [2.24, 2.45) is 0 Å². The van der Waals surface area contributed by atoms with Crippen molar-refractivity contribution in [2.45, 2.75) is 49.7 Å². The molecule has 1 aliphatic heterocycles. The first-order chi connectivity index (χ1) is 16.1.